The van der Waals surface area contributed by atoms with E-state index in [0.717, 1.165) is 16.4 Å². The van der Waals surface area contributed by atoms with E-state index in [1.807, 2.05) is 0 Å². The third-order valence-corrected chi connectivity index (χ3v) is 7.32. The van der Waals surface area contributed by atoms with Gasteiger partial charge in [0.2, 0.25) is 0 Å². The Balaban J connectivity index is 1.70. The van der Waals surface area contributed by atoms with Crippen molar-refractivity contribution in [1.82, 2.24) is 13.9 Å². The number of nitrogens with one attached hydrogen (secondary N) is 2. The monoisotopic (exact) mass is 503 g/mol. The van der Waals surface area contributed by atoms with Gasteiger partial charge < -0.3 is 9.88 Å². The van der Waals surface area contributed by atoms with Gasteiger partial charge in [-0.2, -0.15) is 12.7 Å². The number of rotatable bonds is 5. The Morgan fingerprint density at radius 2 is 1.88 bits per heavy atom. The molecule has 0 saturated carbocycles. The van der Waals surface area contributed by atoms with Crippen LogP contribution in [0.2, 0.25) is 10.0 Å². The largest absolute Gasteiger partial charge is 0.351 e. The van der Waals surface area contributed by atoms with Gasteiger partial charge in [-0.25, -0.2) is 13.8 Å². The predicted molar refractivity (Wildman–Crippen MR) is 120 cm³/mol. The van der Waals surface area contributed by atoms with E-state index < -0.39 is 27.8 Å². The van der Waals surface area contributed by atoms with Crippen LogP contribution in [-0.2, 0) is 17.3 Å². The average Bonchev–Trinajstić information content (AvgIpc) is 3.19. The lowest BCUT2D eigenvalue weighted by molar-refractivity contribution is 0.343. The van der Waals surface area contributed by atoms with Gasteiger partial charge in [0, 0.05) is 20.1 Å². The topological polar surface area (TPSA) is 96.3 Å². The molecule has 1 saturated heterocycles. The molecule has 1 aliphatic heterocycles. The Kier molecular flexibility index (Phi) is 6.01. The number of fused-ring (bicyclic) bond motifs is 1. The van der Waals surface area contributed by atoms with Gasteiger partial charge in [0.1, 0.15) is 12.0 Å². The van der Waals surface area contributed by atoms with E-state index in [1.54, 1.807) is 0 Å². The molecular formula is C19H17Cl2F2N5O3S. The van der Waals surface area contributed by atoms with Crippen LogP contribution in [-0.4, -0.2) is 41.5 Å². The van der Waals surface area contributed by atoms with E-state index in [0.29, 0.717) is 5.52 Å². The first-order chi connectivity index (χ1) is 15.1. The van der Waals surface area contributed by atoms with Crippen LogP contribution in [0.15, 0.2) is 35.4 Å². The Bertz CT molecular complexity index is 1380. The van der Waals surface area contributed by atoms with Crippen molar-refractivity contribution >= 4 is 61.4 Å². The Labute approximate surface area is 191 Å². The molecule has 1 aliphatic rings. The van der Waals surface area contributed by atoms with Crippen molar-refractivity contribution in [3.05, 3.63) is 56.8 Å². The summed E-state index contributed by atoms with van der Waals surface area (Å²) in [7, 11) is -2.57. The SMILES string of the molecule is Cn1cnc2ccc(Nc3c(F)ccc(NS(=O)(=O)N4CC[C@@H](F)C4)c3Cl)c(Cl)c2c1=O. The molecule has 2 N–H and O–H groups in total. The molecule has 8 nitrogen and oxygen atoms in total. The molecule has 13 heteroatoms. The summed E-state index contributed by atoms with van der Waals surface area (Å²) < 4.78 is 57.5. The van der Waals surface area contributed by atoms with Crippen molar-refractivity contribution in [1.29, 1.82) is 0 Å². The maximum absolute atomic E-state index is 14.6. The summed E-state index contributed by atoms with van der Waals surface area (Å²) in [5.74, 6) is -0.779. The Hall–Kier alpha value is -2.47. The molecule has 3 aromatic rings. The average molecular weight is 504 g/mol. The zero-order valence-corrected chi connectivity index (χ0v) is 18.9. The fraction of sp³-hybridized carbons (Fsp3) is 0.263. The Morgan fingerprint density at radius 1 is 1.16 bits per heavy atom. The van der Waals surface area contributed by atoms with E-state index in [-0.39, 0.29) is 52.0 Å². The first-order valence-electron chi connectivity index (χ1n) is 9.39. The minimum absolute atomic E-state index is 0.00343. The van der Waals surface area contributed by atoms with Gasteiger partial charge in [0.25, 0.3) is 5.56 Å². The molecule has 2 aromatic carbocycles. The summed E-state index contributed by atoms with van der Waals surface area (Å²) in [6, 6.07) is 5.20. The highest BCUT2D eigenvalue weighted by molar-refractivity contribution is 7.90. The van der Waals surface area contributed by atoms with Crippen LogP contribution in [0.1, 0.15) is 6.42 Å². The number of aromatic nitrogens is 2. The lowest BCUT2D eigenvalue weighted by atomic mass is 10.2. The molecule has 0 aliphatic carbocycles. The second kappa shape index (κ2) is 8.47. The number of benzene rings is 2. The third kappa shape index (κ3) is 4.13. The lowest BCUT2D eigenvalue weighted by Crippen LogP contribution is -2.34. The number of aryl methyl sites for hydroxylation is 1. The summed E-state index contributed by atoms with van der Waals surface area (Å²) in [6.07, 6.45) is 0.204. The number of hydrogen-bond donors (Lipinski definition) is 2. The molecule has 2 heterocycles. The molecule has 0 radical (unpaired) electrons. The van der Waals surface area contributed by atoms with Gasteiger partial charge in [-0.15, -0.1) is 0 Å². The van der Waals surface area contributed by atoms with Crippen LogP contribution in [0.25, 0.3) is 10.9 Å². The van der Waals surface area contributed by atoms with Crippen molar-refractivity contribution in [2.75, 3.05) is 23.1 Å². The van der Waals surface area contributed by atoms with E-state index in [2.05, 4.69) is 15.0 Å². The molecule has 0 amide bonds. The molecule has 0 unspecified atom stereocenters. The van der Waals surface area contributed by atoms with Gasteiger partial charge >= 0.3 is 10.2 Å². The summed E-state index contributed by atoms with van der Waals surface area (Å²) in [4.78, 5) is 16.6. The van der Waals surface area contributed by atoms with Gasteiger partial charge in [-0.1, -0.05) is 23.2 Å². The van der Waals surface area contributed by atoms with Gasteiger partial charge in [0.05, 0.1) is 44.3 Å². The van der Waals surface area contributed by atoms with Crippen LogP contribution in [0.3, 0.4) is 0 Å². The summed E-state index contributed by atoms with van der Waals surface area (Å²) >= 11 is 12.7. The van der Waals surface area contributed by atoms with Crippen LogP contribution < -0.4 is 15.6 Å². The van der Waals surface area contributed by atoms with Crippen LogP contribution in [0.5, 0.6) is 0 Å². The van der Waals surface area contributed by atoms with Crippen molar-refractivity contribution in [3.8, 4) is 0 Å². The molecule has 1 aromatic heterocycles. The summed E-state index contributed by atoms with van der Waals surface area (Å²) in [6.45, 7) is -0.245. The normalized spacial score (nSPS) is 17.1. The second-order valence-electron chi connectivity index (χ2n) is 7.24. The maximum atomic E-state index is 14.6. The first-order valence-corrected chi connectivity index (χ1v) is 11.6. The highest BCUT2D eigenvalue weighted by Gasteiger charge is 2.32. The van der Waals surface area contributed by atoms with E-state index in [1.165, 1.54) is 30.1 Å². The number of alkyl halides is 1. The maximum Gasteiger partial charge on any atom is 0.301 e. The van der Waals surface area contributed by atoms with Crippen molar-refractivity contribution in [3.63, 3.8) is 0 Å². The fourth-order valence-corrected chi connectivity index (χ4v) is 5.21. The summed E-state index contributed by atoms with van der Waals surface area (Å²) in [5.41, 5.74) is -0.224. The molecule has 0 bridgehead atoms. The van der Waals surface area contributed by atoms with Crippen molar-refractivity contribution in [2.24, 2.45) is 7.05 Å². The van der Waals surface area contributed by atoms with Crippen LogP contribution >= 0.6 is 23.2 Å². The highest BCUT2D eigenvalue weighted by Crippen LogP contribution is 2.38. The minimum atomic E-state index is -4.09. The fourth-order valence-electron chi connectivity index (χ4n) is 3.34. The molecular weight excluding hydrogens is 487 g/mol. The van der Waals surface area contributed by atoms with Gasteiger partial charge in [-0.05, 0) is 30.7 Å². The smallest absolute Gasteiger partial charge is 0.301 e. The van der Waals surface area contributed by atoms with Crippen LogP contribution in [0.4, 0.5) is 25.8 Å². The van der Waals surface area contributed by atoms with Gasteiger partial charge in [-0.3, -0.25) is 9.52 Å². The Morgan fingerprint density at radius 3 is 2.56 bits per heavy atom. The van der Waals surface area contributed by atoms with Crippen molar-refractivity contribution < 1.29 is 17.2 Å². The molecule has 1 fully saturated rings. The quantitative estimate of drug-likeness (QED) is 0.551. The van der Waals surface area contributed by atoms with Crippen molar-refractivity contribution in [2.45, 2.75) is 12.6 Å². The van der Waals surface area contributed by atoms with E-state index in [9.17, 15) is 22.0 Å². The number of nitrogens with zero attached hydrogens (tertiary/aromatic N) is 3. The zero-order valence-electron chi connectivity index (χ0n) is 16.6. The molecule has 1 atom stereocenters. The predicted octanol–water partition coefficient (Wildman–Crippen LogP) is 3.82. The first kappa shape index (κ1) is 22.7. The third-order valence-electron chi connectivity index (χ3n) is 5.05. The highest BCUT2D eigenvalue weighted by atomic mass is 35.5. The number of hydrogen-bond acceptors (Lipinski definition) is 5. The van der Waals surface area contributed by atoms with E-state index >= 15 is 0 Å². The lowest BCUT2D eigenvalue weighted by Gasteiger charge is -2.19. The molecule has 170 valence electrons. The second-order valence-corrected chi connectivity index (χ2v) is 9.67. The zero-order chi connectivity index (χ0) is 23.2. The minimum Gasteiger partial charge on any atom is -0.351 e. The van der Waals surface area contributed by atoms with Gasteiger partial charge in [0.15, 0.2) is 0 Å². The van der Waals surface area contributed by atoms with Crippen LogP contribution in [0, 0.1) is 5.82 Å². The molecule has 32 heavy (non-hydrogen) atoms. The molecule has 0 spiro atoms. The summed E-state index contributed by atoms with van der Waals surface area (Å²) in [5, 5.41) is 2.60. The molecule has 4 rings (SSSR count). The number of anilines is 3. The van der Waals surface area contributed by atoms with E-state index in [4.69, 9.17) is 23.2 Å². The number of halogens is 4. The standard InChI is InChI=1S/C19H17Cl2F2N5O3S/c1-27-9-24-12-4-5-13(16(20)15(12)19(27)29)25-18-11(23)2-3-14(17(18)21)26-32(30,31)28-7-6-10(22)8-28/h2-5,9-10,25-26H,6-8H2,1H3/t10-/m1/s1.